The lowest BCUT2D eigenvalue weighted by Gasteiger charge is -2.36. The van der Waals surface area contributed by atoms with E-state index in [4.69, 9.17) is 0 Å². The minimum absolute atomic E-state index is 0.0741. The van der Waals surface area contributed by atoms with E-state index in [0.29, 0.717) is 18.2 Å². The molecule has 0 bridgehead atoms. The molecule has 0 unspecified atom stereocenters. The molecular weight excluding hydrogens is 386 g/mol. The molecule has 0 radical (unpaired) electrons. The van der Waals surface area contributed by atoms with Crippen molar-refractivity contribution in [1.82, 2.24) is 4.90 Å². The van der Waals surface area contributed by atoms with E-state index in [1.807, 2.05) is 35.2 Å². The molecule has 5 heteroatoms. The third-order valence-corrected chi connectivity index (χ3v) is 6.48. The fourth-order valence-electron chi connectivity index (χ4n) is 4.44. The normalized spacial score (nSPS) is 20.4. The zero-order valence-corrected chi connectivity index (χ0v) is 18.4. The Morgan fingerprint density at radius 3 is 2.32 bits per heavy atom. The number of hydrogen-bond acceptors (Lipinski definition) is 3. The second kappa shape index (κ2) is 9.99. The van der Waals surface area contributed by atoms with E-state index in [2.05, 4.69) is 41.4 Å². The summed E-state index contributed by atoms with van der Waals surface area (Å²) in [4.78, 5) is 29.2. The van der Waals surface area contributed by atoms with E-state index in [9.17, 15) is 9.59 Å². The topological polar surface area (TPSA) is 52.7 Å². The third-order valence-electron chi connectivity index (χ3n) is 6.48. The van der Waals surface area contributed by atoms with Gasteiger partial charge in [-0.05, 0) is 48.6 Å². The Balaban J connectivity index is 1.24. The number of carbonyl (C=O) groups is 2. The van der Waals surface area contributed by atoms with Crippen LogP contribution in [0.2, 0.25) is 0 Å². The van der Waals surface area contributed by atoms with Crippen molar-refractivity contribution in [1.29, 1.82) is 0 Å². The highest BCUT2D eigenvalue weighted by Gasteiger charge is 2.43. The van der Waals surface area contributed by atoms with Crippen molar-refractivity contribution in [3.63, 3.8) is 0 Å². The van der Waals surface area contributed by atoms with Crippen LogP contribution in [0.1, 0.15) is 50.5 Å². The first-order valence-corrected chi connectivity index (χ1v) is 11.6. The number of nitrogens with zero attached hydrogens (tertiary/aromatic N) is 2. The van der Waals surface area contributed by atoms with Crippen molar-refractivity contribution in [2.75, 3.05) is 36.4 Å². The molecule has 5 nitrogen and oxygen atoms in total. The Hall–Kier alpha value is -2.82. The Labute approximate surface area is 185 Å². The van der Waals surface area contributed by atoms with Gasteiger partial charge < -0.3 is 15.1 Å². The van der Waals surface area contributed by atoms with Crippen molar-refractivity contribution in [3.05, 3.63) is 60.2 Å². The second-order valence-electron chi connectivity index (χ2n) is 8.72. The molecule has 2 fully saturated rings. The molecule has 2 aromatic carbocycles. The Morgan fingerprint density at radius 1 is 0.935 bits per heavy atom. The minimum Gasteiger partial charge on any atom is -0.368 e. The first kappa shape index (κ1) is 21.4. The highest BCUT2D eigenvalue weighted by Crippen LogP contribution is 2.47. The number of nitrogens with one attached hydrogen (secondary N) is 1. The predicted molar refractivity (Wildman–Crippen MR) is 125 cm³/mol. The molecule has 2 atom stereocenters. The summed E-state index contributed by atoms with van der Waals surface area (Å²) < 4.78 is 0. The van der Waals surface area contributed by atoms with Crippen LogP contribution in [0.15, 0.2) is 54.6 Å². The van der Waals surface area contributed by atoms with Gasteiger partial charge in [0, 0.05) is 49.9 Å². The van der Waals surface area contributed by atoms with Crippen LogP contribution < -0.4 is 10.2 Å². The van der Waals surface area contributed by atoms with Crippen LogP contribution in [0.3, 0.4) is 0 Å². The standard InChI is InChI=1S/C26H33N3O2/c1-2-3-5-10-25(30)29-17-15-28(16-18-29)22-13-11-21(12-14-22)27-26(31)24-19-23(24)20-8-6-4-7-9-20/h4,6-9,11-14,23-24H,2-3,5,10,15-19H2,1H3,(H,27,31)/t23-,24-/m0/s1. The molecule has 1 saturated carbocycles. The summed E-state index contributed by atoms with van der Waals surface area (Å²) in [6, 6.07) is 18.4. The quantitative estimate of drug-likeness (QED) is 0.633. The number of hydrogen-bond donors (Lipinski definition) is 1. The number of piperazine rings is 1. The zero-order valence-electron chi connectivity index (χ0n) is 18.4. The Kier molecular flexibility index (Phi) is 6.90. The van der Waals surface area contributed by atoms with Crippen molar-refractivity contribution < 1.29 is 9.59 Å². The lowest BCUT2D eigenvalue weighted by atomic mass is 10.1. The molecule has 4 rings (SSSR count). The zero-order chi connectivity index (χ0) is 21.6. The lowest BCUT2D eigenvalue weighted by molar-refractivity contribution is -0.131. The fraction of sp³-hybridized carbons (Fsp3) is 0.462. The van der Waals surface area contributed by atoms with E-state index >= 15 is 0 Å². The number of benzene rings is 2. The third kappa shape index (κ3) is 5.46. The van der Waals surface area contributed by atoms with Gasteiger partial charge in [0.15, 0.2) is 0 Å². The van der Waals surface area contributed by atoms with Gasteiger partial charge in [0.05, 0.1) is 0 Å². The molecule has 164 valence electrons. The molecule has 1 N–H and O–H groups in total. The Morgan fingerprint density at radius 2 is 1.65 bits per heavy atom. The monoisotopic (exact) mass is 419 g/mol. The molecule has 2 aromatic rings. The van der Waals surface area contributed by atoms with Crippen molar-refractivity contribution in [2.45, 2.75) is 44.9 Å². The van der Waals surface area contributed by atoms with Crippen molar-refractivity contribution in [3.8, 4) is 0 Å². The number of unbranched alkanes of at least 4 members (excludes halogenated alkanes) is 2. The van der Waals surface area contributed by atoms with E-state index in [1.165, 1.54) is 5.56 Å². The summed E-state index contributed by atoms with van der Waals surface area (Å²) in [6.07, 6.45) is 4.87. The van der Waals surface area contributed by atoms with Crippen LogP contribution >= 0.6 is 0 Å². The van der Waals surface area contributed by atoms with Gasteiger partial charge in [-0.3, -0.25) is 9.59 Å². The van der Waals surface area contributed by atoms with Gasteiger partial charge in [0.1, 0.15) is 0 Å². The SMILES string of the molecule is CCCCCC(=O)N1CCN(c2ccc(NC(=O)[C@H]3C[C@H]3c3ccccc3)cc2)CC1. The Bertz CT molecular complexity index is 873. The molecule has 2 aliphatic rings. The van der Waals surface area contributed by atoms with Crippen LogP contribution in [-0.4, -0.2) is 42.9 Å². The number of amides is 2. The fourth-order valence-corrected chi connectivity index (χ4v) is 4.44. The summed E-state index contributed by atoms with van der Waals surface area (Å²) in [7, 11) is 0. The van der Waals surface area contributed by atoms with Gasteiger partial charge in [0.25, 0.3) is 0 Å². The lowest BCUT2D eigenvalue weighted by Crippen LogP contribution is -2.48. The van der Waals surface area contributed by atoms with Gasteiger partial charge in [-0.15, -0.1) is 0 Å². The maximum Gasteiger partial charge on any atom is 0.228 e. The maximum absolute atomic E-state index is 12.6. The van der Waals surface area contributed by atoms with Crippen molar-refractivity contribution >= 4 is 23.2 Å². The first-order valence-electron chi connectivity index (χ1n) is 11.6. The van der Waals surface area contributed by atoms with E-state index < -0.39 is 0 Å². The molecule has 1 saturated heterocycles. The minimum atomic E-state index is 0.0741. The number of anilines is 2. The van der Waals surface area contributed by atoms with E-state index in [-0.39, 0.29) is 11.8 Å². The molecular formula is C26H33N3O2. The van der Waals surface area contributed by atoms with Gasteiger partial charge >= 0.3 is 0 Å². The number of rotatable bonds is 8. The second-order valence-corrected chi connectivity index (χ2v) is 8.72. The first-order chi connectivity index (χ1) is 15.2. The van der Waals surface area contributed by atoms with Gasteiger partial charge in [0.2, 0.25) is 11.8 Å². The molecule has 31 heavy (non-hydrogen) atoms. The van der Waals surface area contributed by atoms with E-state index in [1.54, 1.807) is 0 Å². The van der Waals surface area contributed by atoms with Gasteiger partial charge in [-0.1, -0.05) is 50.1 Å². The van der Waals surface area contributed by atoms with Crippen molar-refractivity contribution in [2.24, 2.45) is 5.92 Å². The highest BCUT2D eigenvalue weighted by atomic mass is 16.2. The van der Waals surface area contributed by atoms with Crippen LogP contribution in [0, 0.1) is 5.92 Å². The van der Waals surface area contributed by atoms with Crippen LogP contribution in [0.25, 0.3) is 0 Å². The molecule has 1 aliphatic heterocycles. The molecule has 1 heterocycles. The molecule has 2 amide bonds. The summed E-state index contributed by atoms with van der Waals surface area (Å²) in [6.45, 7) is 5.43. The summed E-state index contributed by atoms with van der Waals surface area (Å²) >= 11 is 0. The smallest absolute Gasteiger partial charge is 0.228 e. The molecule has 0 spiro atoms. The average Bonchev–Trinajstić information content (AvgIpc) is 3.62. The number of carbonyl (C=O) groups excluding carboxylic acids is 2. The van der Waals surface area contributed by atoms with Gasteiger partial charge in [-0.25, -0.2) is 0 Å². The highest BCUT2D eigenvalue weighted by molar-refractivity contribution is 5.95. The average molecular weight is 420 g/mol. The van der Waals surface area contributed by atoms with Crippen LogP contribution in [0.5, 0.6) is 0 Å². The predicted octanol–water partition coefficient (Wildman–Crippen LogP) is 4.66. The molecule has 0 aromatic heterocycles. The van der Waals surface area contributed by atoms with E-state index in [0.717, 1.165) is 63.2 Å². The maximum atomic E-state index is 12.6. The van der Waals surface area contributed by atoms with Crippen LogP contribution in [-0.2, 0) is 9.59 Å². The van der Waals surface area contributed by atoms with Crippen LogP contribution in [0.4, 0.5) is 11.4 Å². The summed E-state index contributed by atoms with van der Waals surface area (Å²) in [5, 5.41) is 3.07. The molecule has 1 aliphatic carbocycles. The summed E-state index contributed by atoms with van der Waals surface area (Å²) in [5.74, 6) is 0.823. The van der Waals surface area contributed by atoms with Gasteiger partial charge in [-0.2, -0.15) is 0 Å². The summed E-state index contributed by atoms with van der Waals surface area (Å²) in [5.41, 5.74) is 3.24. The largest absolute Gasteiger partial charge is 0.368 e.